The lowest BCUT2D eigenvalue weighted by atomic mass is 9.99. The Bertz CT molecular complexity index is 1910. The molecule has 0 aliphatic rings. The van der Waals surface area contributed by atoms with Crippen LogP contribution in [0.5, 0.6) is 0 Å². The molecule has 20 nitrogen and oxygen atoms in total. The number of hydrogen-bond acceptors (Lipinski definition) is 10. The summed E-state index contributed by atoms with van der Waals surface area (Å²) in [5.41, 5.74) is 6.45. The summed E-state index contributed by atoms with van der Waals surface area (Å²) in [7, 11) is 0. The van der Waals surface area contributed by atoms with Crippen LogP contribution in [0.4, 0.5) is 0 Å². The van der Waals surface area contributed by atoms with Gasteiger partial charge in [-0.25, -0.2) is 4.79 Å². The highest BCUT2D eigenvalue weighted by molar-refractivity contribution is 6.00. The molecule has 0 heterocycles. The van der Waals surface area contributed by atoms with Gasteiger partial charge in [0.15, 0.2) is 0 Å². The number of primary amides is 1. The van der Waals surface area contributed by atoms with Crippen molar-refractivity contribution in [1.82, 2.24) is 42.5 Å². The fraction of sp³-hybridized carbons (Fsp3) is 0.415. The van der Waals surface area contributed by atoms with Crippen molar-refractivity contribution in [2.24, 2.45) is 17.6 Å². The molecule has 0 spiro atoms. The van der Waals surface area contributed by atoms with Crippen LogP contribution >= 0.6 is 0 Å². The number of carboxylic acid groups (broad SMARTS) is 1. The highest BCUT2D eigenvalue weighted by atomic mass is 16.4. The number of carbonyl (C=O) groups excluding carboxylic acids is 9. The van der Waals surface area contributed by atoms with Gasteiger partial charge < -0.3 is 53.4 Å². The molecule has 0 unspecified atom stereocenters. The number of benzene rings is 2. The molecule has 0 bridgehead atoms. The maximum absolute atomic E-state index is 13.8. The Kier molecular flexibility index (Phi) is 20.8. The van der Waals surface area contributed by atoms with Crippen LogP contribution in [0.3, 0.4) is 0 Å². The van der Waals surface area contributed by atoms with E-state index >= 15 is 0 Å². The Morgan fingerprint density at radius 2 is 1.20 bits per heavy atom. The summed E-state index contributed by atoms with van der Waals surface area (Å²) in [6, 6.07) is 10.2. The fourth-order valence-corrected chi connectivity index (χ4v) is 5.56. The summed E-state index contributed by atoms with van der Waals surface area (Å²) in [4.78, 5) is 126. The second-order valence-electron chi connectivity index (χ2n) is 14.6. The first-order chi connectivity index (χ1) is 28.8. The normalized spacial score (nSPS) is 13.4. The second-order valence-corrected chi connectivity index (χ2v) is 14.6. The molecule has 2 aromatic carbocycles. The number of nitrogens with two attached hydrogens (primary N) is 1. The number of carboxylic acids is 1. The predicted molar refractivity (Wildman–Crippen MR) is 220 cm³/mol. The van der Waals surface area contributed by atoms with E-state index in [1.807, 2.05) is 13.8 Å². The Morgan fingerprint density at radius 1 is 0.623 bits per heavy atom. The van der Waals surface area contributed by atoms with Gasteiger partial charge in [0.2, 0.25) is 53.2 Å². The van der Waals surface area contributed by atoms with Gasteiger partial charge in [-0.05, 0) is 29.4 Å². The van der Waals surface area contributed by atoms with Gasteiger partial charge in [0.1, 0.15) is 30.2 Å². The van der Waals surface area contributed by atoms with Crippen molar-refractivity contribution in [1.29, 1.82) is 0 Å². The molecule has 0 aliphatic heterocycles. The first-order valence-electron chi connectivity index (χ1n) is 19.4. The average molecular weight is 850 g/mol. The van der Waals surface area contributed by atoms with Crippen molar-refractivity contribution in [3.8, 4) is 0 Å². The van der Waals surface area contributed by atoms with Gasteiger partial charge in [0, 0.05) is 32.0 Å². The Balaban J connectivity index is 2.08. The zero-order chi connectivity index (χ0) is 45.6. The molecular weight excluding hydrogens is 795 g/mol. The van der Waals surface area contributed by atoms with Gasteiger partial charge in [-0.3, -0.25) is 43.2 Å². The molecule has 11 N–H and O–H groups in total. The standard InChI is InChI=1S/C41H55N9O11/c1-23(2)18-28(38(57)49-35(24(3)4)37(42)56)48-40(59)36(27-14-10-7-11-15-27)50-39(58)30(20-43-25(5)51)47-32(53)17-16-31(52)44-21-33(54)45-22-34(55)46-29(41(60)61)19-26-12-8-6-9-13-26/h6-17,23-24,28-30,35-36H,18-22H2,1-5H3,(H2,42,56)(H,43,51)(H,44,52)(H,45,54)(H,46,55)(H,47,53)(H,48,59)(H,49,57)(H,50,58)(H,60,61)/b17-16+/t28-,29-,30-,35-,36-/m0/s1. The zero-order valence-corrected chi connectivity index (χ0v) is 34.6. The predicted octanol–water partition coefficient (Wildman–Crippen LogP) is -1.78. The van der Waals surface area contributed by atoms with Gasteiger partial charge in [-0.15, -0.1) is 0 Å². The number of aliphatic carboxylic acids is 1. The summed E-state index contributed by atoms with van der Waals surface area (Å²) in [6.45, 7) is 6.55. The highest BCUT2D eigenvalue weighted by Gasteiger charge is 2.33. The summed E-state index contributed by atoms with van der Waals surface area (Å²) in [6.07, 6.45) is 1.67. The van der Waals surface area contributed by atoms with Gasteiger partial charge >= 0.3 is 5.97 Å². The van der Waals surface area contributed by atoms with Crippen LogP contribution in [-0.2, 0) is 54.4 Å². The fourth-order valence-electron chi connectivity index (χ4n) is 5.56. The monoisotopic (exact) mass is 849 g/mol. The molecule has 0 aromatic heterocycles. The first-order valence-corrected chi connectivity index (χ1v) is 19.4. The third kappa shape index (κ3) is 19.0. The molecule has 2 rings (SSSR count). The van der Waals surface area contributed by atoms with Crippen LogP contribution < -0.4 is 48.3 Å². The van der Waals surface area contributed by atoms with Gasteiger partial charge in [-0.1, -0.05) is 88.4 Å². The Labute approximate surface area is 353 Å². The van der Waals surface area contributed by atoms with Crippen LogP contribution in [0.15, 0.2) is 72.8 Å². The van der Waals surface area contributed by atoms with Crippen molar-refractivity contribution in [3.05, 3.63) is 83.9 Å². The number of rotatable bonds is 24. The molecule has 5 atom stereocenters. The van der Waals surface area contributed by atoms with E-state index in [0.717, 1.165) is 12.2 Å². The number of nitrogens with one attached hydrogen (secondary N) is 8. The molecule has 0 radical (unpaired) electrons. The molecular formula is C41H55N9O11. The SMILES string of the molecule is CC(=O)NC[C@H](NC(=O)/C=C/C(=O)NCC(=O)NCC(=O)N[C@@H](Cc1ccccc1)C(=O)O)C(=O)N[C@H](C(=O)N[C@@H](CC(C)C)C(=O)N[C@H](C(N)=O)C(C)C)c1ccccc1. The maximum atomic E-state index is 13.8. The van der Waals surface area contributed by atoms with E-state index in [2.05, 4.69) is 42.5 Å². The summed E-state index contributed by atoms with van der Waals surface area (Å²) >= 11 is 0. The van der Waals surface area contributed by atoms with E-state index < -0.39 is 109 Å². The molecule has 0 fully saturated rings. The second kappa shape index (κ2) is 25.4. The van der Waals surface area contributed by atoms with Crippen molar-refractivity contribution in [2.45, 2.75) is 77.7 Å². The molecule has 0 saturated carbocycles. The minimum atomic E-state index is -1.49. The summed E-state index contributed by atoms with van der Waals surface area (Å²) < 4.78 is 0. The third-order valence-electron chi connectivity index (χ3n) is 8.65. The molecule has 0 saturated heterocycles. The largest absolute Gasteiger partial charge is 0.480 e. The van der Waals surface area contributed by atoms with Crippen molar-refractivity contribution in [2.75, 3.05) is 19.6 Å². The van der Waals surface area contributed by atoms with E-state index in [0.29, 0.717) is 11.1 Å². The van der Waals surface area contributed by atoms with Gasteiger partial charge in [0.25, 0.3) is 0 Å². The zero-order valence-electron chi connectivity index (χ0n) is 34.6. The quantitative estimate of drug-likeness (QED) is 0.0527. The van der Waals surface area contributed by atoms with Crippen LogP contribution in [0, 0.1) is 11.8 Å². The third-order valence-corrected chi connectivity index (χ3v) is 8.65. The summed E-state index contributed by atoms with van der Waals surface area (Å²) in [5.74, 6) is -8.92. The smallest absolute Gasteiger partial charge is 0.326 e. The van der Waals surface area contributed by atoms with Crippen molar-refractivity contribution < 1.29 is 53.1 Å². The molecule has 0 aliphatic carbocycles. The highest BCUT2D eigenvalue weighted by Crippen LogP contribution is 2.16. The van der Waals surface area contributed by atoms with Gasteiger partial charge in [0.05, 0.1) is 13.1 Å². The van der Waals surface area contributed by atoms with E-state index in [1.165, 1.54) is 6.92 Å². The molecule has 2 aromatic rings. The van der Waals surface area contributed by atoms with E-state index in [9.17, 15) is 53.1 Å². The van der Waals surface area contributed by atoms with E-state index in [1.54, 1.807) is 74.5 Å². The molecule has 9 amide bonds. The van der Waals surface area contributed by atoms with Crippen LogP contribution in [0.25, 0.3) is 0 Å². The van der Waals surface area contributed by atoms with Crippen LogP contribution in [-0.4, -0.2) is 108 Å². The lowest BCUT2D eigenvalue weighted by Gasteiger charge is -2.27. The number of hydrogen-bond donors (Lipinski definition) is 10. The summed E-state index contributed by atoms with van der Waals surface area (Å²) in [5, 5.41) is 28.8. The van der Waals surface area contributed by atoms with Gasteiger partial charge in [-0.2, -0.15) is 0 Å². The molecule has 20 heteroatoms. The van der Waals surface area contributed by atoms with E-state index in [4.69, 9.17) is 5.73 Å². The minimum Gasteiger partial charge on any atom is -0.480 e. The Morgan fingerprint density at radius 3 is 1.75 bits per heavy atom. The van der Waals surface area contributed by atoms with Crippen LogP contribution in [0.1, 0.15) is 58.2 Å². The van der Waals surface area contributed by atoms with E-state index in [-0.39, 0.29) is 24.7 Å². The first kappa shape index (κ1) is 50.0. The maximum Gasteiger partial charge on any atom is 0.326 e. The number of carbonyl (C=O) groups is 10. The lowest BCUT2D eigenvalue weighted by molar-refractivity contribution is -0.141. The Hall–Kier alpha value is -7.12. The topological polar surface area (TPSA) is 313 Å². The average Bonchev–Trinajstić information content (AvgIpc) is 3.20. The van der Waals surface area contributed by atoms with Crippen molar-refractivity contribution >= 4 is 59.1 Å². The lowest BCUT2D eigenvalue weighted by Crippen LogP contribution is -2.57. The molecule has 330 valence electrons. The van der Waals surface area contributed by atoms with Crippen LogP contribution in [0.2, 0.25) is 0 Å². The van der Waals surface area contributed by atoms with Crippen molar-refractivity contribution in [3.63, 3.8) is 0 Å². The number of amides is 9. The molecule has 61 heavy (non-hydrogen) atoms. The minimum absolute atomic E-state index is 0.0108.